The minimum atomic E-state index is 0.514. The van der Waals surface area contributed by atoms with E-state index < -0.39 is 0 Å². The van der Waals surface area contributed by atoms with Gasteiger partial charge in [0.25, 0.3) is 0 Å². The highest BCUT2D eigenvalue weighted by molar-refractivity contribution is 5.43. The molecule has 0 aliphatic carbocycles. The monoisotopic (exact) mass is 210 g/mol. The molecule has 0 aliphatic rings. The van der Waals surface area contributed by atoms with Gasteiger partial charge in [0.1, 0.15) is 0 Å². The Balaban J connectivity index is 0.000000921. The number of hydrogen-bond donors (Lipinski definition) is 0. The molecule has 0 atom stereocenters. The Bertz CT molecular complexity index is 280. The summed E-state index contributed by atoms with van der Waals surface area (Å²) in [5.41, 5.74) is 1.26. The molecular weight excluding hydrogens is 188 g/mol. The summed E-state index contributed by atoms with van der Waals surface area (Å²) in [6, 6.07) is 6.02. The second kappa shape index (κ2) is 7.16. The van der Waals surface area contributed by atoms with Gasteiger partial charge < -0.3 is 9.47 Å². The summed E-state index contributed by atoms with van der Waals surface area (Å²) in [6.45, 7) is 8.31. The highest BCUT2D eigenvalue weighted by Gasteiger charge is 2.06. The average molecular weight is 210 g/mol. The zero-order chi connectivity index (χ0) is 11.8. The van der Waals surface area contributed by atoms with Gasteiger partial charge in [-0.15, -0.1) is 0 Å². The van der Waals surface area contributed by atoms with Gasteiger partial charge in [0.2, 0.25) is 0 Å². The fourth-order valence-electron chi connectivity index (χ4n) is 1.21. The third-order valence-electron chi connectivity index (χ3n) is 2.07. The van der Waals surface area contributed by atoms with Crippen molar-refractivity contribution in [2.45, 2.75) is 33.6 Å². The van der Waals surface area contributed by atoms with Crippen LogP contribution in [0.25, 0.3) is 0 Å². The summed E-state index contributed by atoms with van der Waals surface area (Å²) in [7, 11) is 3.30. The van der Waals surface area contributed by atoms with Crippen molar-refractivity contribution in [3.63, 3.8) is 0 Å². The van der Waals surface area contributed by atoms with E-state index in [9.17, 15) is 0 Å². The van der Waals surface area contributed by atoms with Gasteiger partial charge in [-0.05, 0) is 23.6 Å². The summed E-state index contributed by atoms with van der Waals surface area (Å²) in [6.07, 6.45) is 0. The second-order valence-corrected chi connectivity index (χ2v) is 3.27. The standard InChI is InChI=1S/C11H16O2.C2H6/c1-8(2)9-5-6-10(12-3)11(7-9)13-4;1-2/h5-8H,1-4H3;1-2H3. The first-order valence-corrected chi connectivity index (χ1v) is 5.41. The quantitative estimate of drug-likeness (QED) is 0.754. The minimum absolute atomic E-state index is 0.514. The Labute approximate surface area is 93.2 Å². The van der Waals surface area contributed by atoms with Crippen LogP contribution in [0.3, 0.4) is 0 Å². The third-order valence-corrected chi connectivity index (χ3v) is 2.07. The maximum atomic E-state index is 5.20. The minimum Gasteiger partial charge on any atom is -0.493 e. The van der Waals surface area contributed by atoms with Crippen molar-refractivity contribution in [3.8, 4) is 11.5 Å². The van der Waals surface area contributed by atoms with Gasteiger partial charge in [-0.3, -0.25) is 0 Å². The summed E-state index contributed by atoms with van der Waals surface area (Å²) in [5, 5.41) is 0. The van der Waals surface area contributed by atoms with Crippen molar-refractivity contribution < 1.29 is 9.47 Å². The molecule has 0 N–H and O–H groups in total. The Morgan fingerprint density at radius 2 is 1.47 bits per heavy atom. The van der Waals surface area contributed by atoms with E-state index in [4.69, 9.17) is 9.47 Å². The number of benzene rings is 1. The van der Waals surface area contributed by atoms with Gasteiger partial charge >= 0.3 is 0 Å². The fraction of sp³-hybridized carbons (Fsp3) is 0.538. The molecular formula is C13H22O2. The molecule has 0 radical (unpaired) electrons. The molecule has 0 aliphatic heterocycles. The lowest BCUT2D eigenvalue weighted by Crippen LogP contribution is -1.93. The molecule has 0 saturated carbocycles. The lowest BCUT2D eigenvalue weighted by Gasteiger charge is -2.11. The maximum Gasteiger partial charge on any atom is 0.160 e. The zero-order valence-corrected chi connectivity index (χ0v) is 10.6. The molecule has 0 unspecified atom stereocenters. The molecule has 1 rings (SSSR count). The first-order valence-electron chi connectivity index (χ1n) is 5.41. The number of hydrogen-bond acceptors (Lipinski definition) is 2. The predicted molar refractivity (Wildman–Crippen MR) is 65.0 cm³/mol. The highest BCUT2D eigenvalue weighted by atomic mass is 16.5. The first-order chi connectivity index (χ1) is 7.19. The molecule has 0 saturated heterocycles. The van der Waals surface area contributed by atoms with Crippen LogP contribution in [0.5, 0.6) is 11.5 Å². The van der Waals surface area contributed by atoms with Crippen LogP contribution in [-0.4, -0.2) is 14.2 Å². The van der Waals surface area contributed by atoms with Crippen molar-refractivity contribution in [2.75, 3.05) is 14.2 Å². The largest absolute Gasteiger partial charge is 0.493 e. The van der Waals surface area contributed by atoms with Crippen molar-refractivity contribution in [2.24, 2.45) is 0 Å². The van der Waals surface area contributed by atoms with Crippen LogP contribution in [0.15, 0.2) is 18.2 Å². The average Bonchev–Trinajstić information content (AvgIpc) is 2.30. The molecule has 2 heteroatoms. The molecule has 0 aromatic heterocycles. The van der Waals surface area contributed by atoms with Crippen molar-refractivity contribution in [3.05, 3.63) is 23.8 Å². The van der Waals surface area contributed by atoms with Gasteiger partial charge in [-0.1, -0.05) is 33.8 Å². The maximum absolute atomic E-state index is 5.20. The Morgan fingerprint density at radius 1 is 0.933 bits per heavy atom. The molecule has 1 aromatic rings. The van der Waals surface area contributed by atoms with Crippen LogP contribution in [-0.2, 0) is 0 Å². The molecule has 2 nitrogen and oxygen atoms in total. The van der Waals surface area contributed by atoms with E-state index in [0.717, 1.165) is 11.5 Å². The van der Waals surface area contributed by atoms with Crippen LogP contribution in [0.4, 0.5) is 0 Å². The lowest BCUT2D eigenvalue weighted by atomic mass is 10.0. The van der Waals surface area contributed by atoms with Gasteiger partial charge in [-0.25, -0.2) is 0 Å². The number of ether oxygens (including phenoxy) is 2. The van der Waals surface area contributed by atoms with Gasteiger partial charge in [0.05, 0.1) is 14.2 Å². The molecule has 86 valence electrons. The molecule has 0 amide bonds. The van der Waals surface area contributed by atoms with E-state index in [1.54, 1.807) is 14.2 Å². The SMILES string of the molecule is CC.COc1ccc(C(C)C)cc1OC. The third kappa shape index (κ3) is 3.82. The van der Waals surface area contributed by atoms with E-state index in [1.165, 1.54) is 5.56 Å². The molecule has 0 spiro atoms. The molecule has 1 aromatic carbocycles. The van der Waals surface area contributed by atoms with Gasteiger partial charge in [-0.2, -0.15) is 0 Å². The number of rotatable bonds is 3. The smallest absolute Gasteiger partial charge is 0.160 e. The molecule has 0 bridgehead atoms. The topological polar surface area (TPSA) is 18.5 Å². The Kier molecular flexibility index (Phi) is 6.59. The van der Waals surface area contributed by atoms with E-state index >= 15 is 0 Å². The van der Waals surface area contributed by atoms with Gasteiger partial charge in [0.15, 0.2) is 11.5 Å². The second-order valence-electron chi connectivity index (χ2n) is 3.27. The molecule has 0 fully saturated rings. The predicted octanol–water partition coefficient (Wildman–Crippen LogP) is 3.85. The zero-order valence-electron chi connectivity index (χ0n) is 10.6. The van der Waals surface area contributed by atoms with Crippen LogP contribution >= 0.6 is 0 Å². The van der Waals surface area contributed by atoms with Crippen LogP contribution in [0, 0.1) is 0 Å². The normalized spacial score (nSPS) is 9.27. The van der Waals surface area contributed by atoms with E-state index in [1.807, 2.05) is 26.0 Å². The van der Waals surface area contributed by atoms with E-state index in [0.29, 0.717) is 5.92 Å². The van der Waals surface area contributed by atoms with Crippen LogP contribution < -0.4 is 9.47 Å². The van der Waals surface area contributed by atoms with E-state index in [-0.39, 0.29) is 0 Å². The summed E-state index contributed by atoms with van der Waals surface area (Å²) in [5.74, 6) is 2.10. The molecule has 15 heavy (non-hydrogen) atoms. The fourth-order valence-corrected chi connectivity index (χ4v) is 1.21. The van der Waals surface area contributed by atoms with E-state index in [2.05, 4.69) is 19.9 Å². The number of methoxy groups -OCH3 is 2. The van der Waals surface area contributed by atoms with Crippen molar-refractivity contribution in [1.82, 2.24) is 0 Å². The van der Waals surface area contributed by atoms with Crippen LogP contribution in [0.2, 0.25) is 0 Å². The summed E-state index contributed by atoms with van der Waals surface area (Å²) in [4.78, 5) is 0. The Morgan fingerprint density at radius 3 is 1.87 bits per heavy atom. The first kappa shape index (κ1) is 13.8. The molecule has 0 heterocycles. The highest BCUT2D eigenvalue weighted by Crippen LogP contribution is 2.30. The summed E-state index contributed by atoms with van der Waals surface area (Å²) < 4.78 is 10.3. The lowest BCUT2D eigenvalue weighted by molar-refractivity contribution is 0.354. The van der Waals surface area contributed by atoms with Crippen LogP contribution in [0.1, 0.15) is 39.2 Å². The Hall–Kier alpha value is -1.18. The summed E-state index contributed by atoms with van der Waals surface area (Å²) >= 11 is 0. The van der Waals surface area contributed by atoms with Crippen molar-refractivity contribution in [1.29, 1.82) is 0 Å². The van der Waals surface area contributed by atoms with Crippen molar-refractivity contribution >= 4 is 0 Å². The van der Waals surface area contributed by atoms with Gasteiger partial charge in [0, 0.05) is 0 Å².